The van der Waals surface area contributed by atoms with Crippen LogP contribution in [0.4, 0.5) is 14.9 Å². The summed E-state index contributed by atoms with van der Waals surface area (Å²) in [5, 5.41) is 0.812. The zero-order chi connectivity index (χ0) is 20.6. The van der Waals surface area contributed by atoms with Crippen LogP contribution in [0.5, 0.6) is 0 Å². The Labute approximate surface area is 168 Å². The normalized spacial score (nSPS) is 15.0. The maximum atomic E-state index is 15.1. The van der Waals surface area contributed by atoms with Crippen molar-refractivity contribution < 1.29 is 18.7 Å². The number of hydrogen-bond donors (Lipinski definition) is 0. The van der Waals surface area contributed by atoms with E-state index in [-0.39, 0.29) is 5.69 Å². The summed E-state index contributed by atoms with van der Waals surface area (Å²) in [6.45, 7) is 7.99. The Hall–Kier alpha value is -2.93. The van der Waals surface area contributed by atoms with Gasteiger partial charge in [-0.15, -0.1) is 0 Å². The summed E-state index contributed by atoms with van der Waals surface area (Å²) >= 11 is 0. The van der Waals surface area contributed by atoms with Crippen LogP contribution >= 0.6 is 0 Å². The molecule has 0 bridgehead atoms. The van der Waals surface area contributed by atoms with E-state index in [4.69, 9.17) is 9.47 Å². The molecule has 1 fully saturated rings. The number of aromatic nitrogens is 2. The van der Waals surface area contributed by atoms with Gasteiger partial charge in [0.15, 0.2) is 5.82 Å². The number of rotatable bonds is 2. The molecule has 1 saturated heterocycles. The molecule has 0 saturated carbocycles. The zero-order valence-corrected chi connectivity index (χ0v) is 16.8. The number of para-hydroxylation sites is 1. The summed E-state index contributed by atoms with van der Waals surface area (Å²) in [6, 6.07) is 10.6. The van der Waals surface area contributed by atoms with Gasteiger partial charge in [-0.05, 0) is 32.9 Å². The minimum Gasteiger partial charge on any atom is -0.443 e. The van der Waals surface area contributed by atoms with Crippen molar-refractivity contribution in [2.45, 2.75) is 26.4 Å². The summed E-state index contributed by atoms with van der Waals surface area (Å²) in [7, 11) is 0. The van der Waals surface area contributed by atoms with Gasteiger partial charge in [0.2, 0.25) is 0 Å². The van der Waals surface area contributed by atoms with Gasteiger partial charge in [-0.2, -0.15) is 0 Å². The molecular formula is C22H24FN3O3. The molecule has 29 heavy (non-hydrogen) atoms. The maximum absolute atomic E-state index is 15.1. The smallest absolute Gasteiger partial charge is 0.419 e. The number of benzene rings is 1. The minimum absolute atomic E-state index is 0.115. The van der Waals surface area contributed by atoms with Crippen LogP contribution in [-0.4, -0.2) is 47.5 Å². The fourth-order valence-corrected chi connectivity index (χ4v) is 3.44. The van der Waals surface area contributed by atoms with Crippen molar-refractivity contribution in [1.29, 1.82) is 0 Å². The summed E-state index contributed by atoms with van der Waals surface area (Å²) in [6.07, 6.45) is 1.08. The third kappa shape index (κ3) is 3.96. The number of fused-ring (bicyclic) bond motifs is 1. The lowest BCUT2D eigenvalue weighted by Crippen LogP contribution is -2.36. The Morgan fingerprint density at radius 1 is 1.17 bits per heavy atom. The predicted octanol–water partition coefficient (Wildman–Crippen LogP) is 4.46. The molecule has 0 spiro atoms. The van der Waals surface area contributed by atoms with Gasteiger partial charge >= 0.3 is 6.09 Å². The first-order valence-corrected chi connectivity index (χ1v) is 9.66. The van der Waals surface area contributed by atoms with Gasteiger partial charge in [0, 0.05) is 24.5 Å². The van der Waals surface area contributed by atoms with E-state index in [1.165, 1.54) is 10.6 Å². The van der Waals surface area contributed by atoms with Crippen LogP contribution in [0.15, 0.2) is 42.6 Å². The van der Waals surface area contributed by atoms with E-state index in [0.29, 0.717) is 43.2 Å². The van der Waals surface area contributed by atoms with Gasteiger partial charge in [0.1, 0.15) is 11.3 Å². The third-order valence-electron chi connectivity index (χ3n) is 4.73. The second kappa shape index (κ2) is 7.48. The number of morpholine rings is 1. The maximum Gasteiger partial charge on any atom is 0.419 e. The second-order valence-electron chi connectivity index (χ2n) is 8.03. The van der Waals surface area contributed by atoms with Gasteiger partial charge in [-0.25, -0.2) is 18.7 Å². The summed E-state index contributed by atoms with van der Waals surface area (Å²) in [5.41, 5.74) is 1.16. The van der Waals surface area contributed by atoms with Crippen LogP contribution in [0, 0.1) is 5.82 Å². The van der Waals surface area contributed by atoms with E-state index in [0.717, 1.165) is 5.39 Å². The number of pyridine rings is 1. The summed E-state index contributed by atoms with van der Waals surface area (Å²) in [5.74, 6) is -0.485. The Morgan fingerprint density at radius 2 is 1.90 bits per heavy atom. The Kier molecular flexibility index (Phi) is 5.00. The van der Waals surface area contributed by atoms with Crippen LogP contribution in [0.1, 0.15) is 20.8 Å². The summed E-state index contributed by atoms with van der Waals surface area (Å²) in [4.78, 5) is 19.3. The van der Waals surface area contributed by atoms with Crippen LogP contribution in [0.25, 0.3) is 22.3 Å². The van der Waals surface area contributed by atoms with Crippen molar-refractivity contribution in [3.63, 3.8) is 0 Å². The quantitative estimate of drug-likeness (QED) is 0.639. The Morgan fingerprint density at radius 3 is 2.59 bits per heavy atom. The largest absolute Gasteiger partial charge is 0.443 e. The molecule has 1 aromatic carbocycles. The number of carbonyl (C=O) groups is 1. The topological polar surface area (TPSA) is 56.6 Å². The SMILES string of the molecule is CC(C)(C)OC(=O)n1c(-c2ncc(N3CCOCC3)cc2F)cc2ccccc21. The Balaban J connectivity index is 1.79. The highest BCUT2D eigenvalue weighted by Crippen LogP contribution is 2.31. The molecule has 0 N–H and O–H groups in total. The molecule has 0 aliphatic carbocycles. The van der Waals surface area contributed by atoms with Crippen molar-refractivity contribution in [3.8, 4) is 11.4 Å². The fourth-order valence-electron chi connectivity index (χ4n) is 3.44. The van der Waals surface area contributed by atoms with E-state index in [1.54, 1.807) is 33.0 Å². The molecule has 1 aliphatic rings. The number of ether oxygens (including phenoxy) is 2. The van der Waals surface area contributed by atoms with Gasteiger partial charge in [-0.3, -0.25) is 0 Å². The lowest BCUT2D eigenvalue weighted by Gasteiger charge is -2.28. The molecule has 7 heteroatoms. The minimum atomic E-state index is -0.675. The van der Waals surface area contributed by atoms with E-state index >= 15 is 4.39 Å². The third-order valence-corrected chi connectivity index (χ3v) is 4.73. The van der Waals surface area contributed by atoms with Crippen molar-refractivity contribution in [2.75, 3.05) is 31.2 Å². The number of anilines is 1. The lowest BCUT2D eigenvalue weighted by molar-refractivity contribution is 0.0547. The van der Waals surface area contributed by atoms with E-state index in [9.17, 15) is 4.79 Å². The molecule has 3 aromatic rings. The number of carbonyl (C=O) groups excluding carboxylic acids is 1. The molecule has 0 amide bonds. The molecule has 152 valence electrons. The molecule has 0 atom stereocenters. The molecule has 0 unspecified atom stereocenters. The van der Waals surface area contributed by atoms with E-state index in [2.05, 4.69) is 4.98 Å². The van der Waals surface area contributed by atoms with E-state index in [1.807, 2.05) is 29.2 Å². The standard InChI is InChI=1S/C22H24FN3O3/c1-22(2,3)29-21(27)26-18-7-5-4-6-15(18)12-19(26)20-17(23)13-16(14-24-20)25-8-10-28-11-9-25/h4-7,12-14H,8-11H2,1-3H3. The average Bonchev–Trinajstić information content (AvgIpc) is 3.06. The average molecular weight is 397 g/mol. The Bertz CT molecular complexity index is 1050. The lowest BCUT2D eigenvalue weighted by atomic mass is 10.2. The highest BCUT2D eigenvalue weighted by Gasteiger charge is 2.25. The van der Waals surface area contributed by atoms with Gasteiger partial charge in [0.05, 0.1) is 36.3 Å². The van der Waals surface area contributed by atoms with Crippen molar-refractivity contribution in [3.05, 3.63) is 48.4 Å². The summed E-state index contributed by atoms with van der Waals surface area (Å²) < 4.78 is 27.4. The van der Waals surface area contributed by atoms with Crippen LogP contribution in [0.3, 0.4) is 0 Å². The molecule has 4 rings (SSSR count). The van der Waals surface area contributed by atoms with Gasteiger partial charge < -0.3 is 14.4 Å². The molecule has 6 nitrogen and oxygen atoms in total. The first-order valence-electron chi connectivity index (χ1n) is 9.66. The first kappa shape index (κ1) is 19.4. The van der Waals surface area contributed by atoms with Gasteiger partial charge in [-0.1, -0.05) is 18.2 Å². The van der Waals surface area contributed by atoms with Crippen LogP contribution < -0.4 is 4.90 Å². The van der Waals surface area contributed by atoms with Crippen molar-refractivity contribution in [1.82, 2.24) is 9.55 Å². The highest BCUT2D eigenvalue weighted by molar-refractivity contribution is 5.95. The van der Waals surface area contributed by atoms with E-state index < -0.39 is 17.5 Å². The first-order chi connectivity index (χ1) is 13.8. The second-order valence-corrected chi connectivity index (χ2v) is 8.03. The monoisotopic (exact) mass is 397 g/mol. The molecule has 0 radical (unpaired) electrons. The zero-order valence-electron chi connectivity index (χ0n) is 16.8. The predicted molar refractivity (Wildman–Crippen MR) is 110 cm³/mol. The fraction of sp³-hybridized carbons (Fsp3) is 0.364. The van der Waals surface area contributed by atoms with Gasteiger partial charge in [0.25, 0.3) is 0 Å². The van der Waals surface area contributed by atoms with Crippen LogP contribution in [0.2, 0.25) is 0 Å². The molecule has 3 heterocycles. The number of nitrogens with zero attached hydrogens (tertiary/aromatic N) is 3. The van der Waals surface area contributed by atoms with Crippen molar-refractivity contribution in [2.24, 2.45) is 0 Å². The highest BCUT2D eigenvalue weighted by atomic mass is 19.1. The number of hydrogen-bond acceptors (Lipinski definition) is 5. The van der Waals surface area contributed by atoms with Crippen LogP contribution in [-0.2, 0) is 9.47 Å². The van der Waals surface area contributed by atoms with Crippen molar-refractivity contribution >= 4 is 22.7 Å². The molecule has 1 aliphatic heterocycles. The number of halogens is 1. The molecule has 2 aromatic heterocycles. The molecular weight excluding hydrogens is 373 g/mol.